The Bertz CT molecular complexity index is 479. The summed E-state index contributed by atoms with van der Waals surface area (Å²) < 4.78 is 0. The SMILES string of the molecule is CCCCCCCCCCCCN(CCN)[C@@H](Cc1ccccc1)C(=O)O. The van der Waals surface area contributed by atoms with Crippen LogP contribution in [-0.2, 0) is 11.2 Å². The van der Waals surface area contributed by atoms with Gasteiger partial charge in [0, 0.05) is 13.1 Å². The predicted octanol–water partition coefficient (Wildman–Crippen LogP) is 4.86. The van der Waals surface area contributed by atoms with Gasteiger partial charge in [0.15, 0.2) is 0 Å². The van der Waals surface area contributed by atoms with Crippen LogP contribution in [0.4, 0.5) is 0 Å². The van der Waals surface area contributed by atoms with Crippen molar-refractivity contribution in [3.05, 3.63) is 35.9 Å². The van der Waals surface area contributed by atoms with Crippen molar-refractivity contribution in [2.24, 2.45) is 5.73 Å². The molecule has 1 rings (SSSR count). The third-order valence-electron chi connectivity index (χ3n) is 5.21. The van der Waals surface area contributed by atoms with Gasteiger partial charge in [-0.05, 0) is 24.9 Å². The zero-order valence-electron chi connectivity index (χ0n) is 17.2. The number of carbonyl (C=O) groups is 1. The Labute approximate surface area is 166 Å². The normalized spacial score (nSPS) is 12.4. The van der Waals surface area contributed by atoms with Crippen LogP contribution in [-0.4, -0.2) is 41.7 Å². The van der Waals surface area contributed by atoms with E-state index in [0.29, 0.717) is 19.5 Å². The van der Waals surface area contributed by atoms with Crippen LogP contribution < -0.4 is 5.73 Å². The molecule has 1 aromatic rings. The molecule has 0 saturated heterocycles. The van der Waals surface area contributed by atoms with Crippen LogP contribution in [0.5, 0.6) is 0 Å². The van der Waals surface area contributed by atoms with Crippen LogP contribution in [0.3, 0.4) is 0 Å². The summed E-state index contributed by atoms with van der Waals surface area (Å²) in [4.78, 5) is 13.9. The summed E-state index contributed by atoms with van der Waals surface area (Å²) in [7, 11) is 0. The number of carboxylic acids is 1. The van der Waals surface area contributed by atoms with E-state index in [4.69, 9.17) is 5.73 Å². The van der Waals surface area contributed by atoms with E-state index in [1.54, 1.807) is 0 Å². The van der Waals surface area contributed by atoms with Gasteiger partial charge in [-0.25, -0.2) is 0 Å². The lowest BCUT2D eigenvalue weighted by atomic mass is 10.0. The highest BCUT2D eigenvalue weighted by Crippen LogP contribution is 2.13. The minimum atomic E-state index is -0.751. The van der Waals surface area contributed by atoms with Crippen molar-refractivity contribution in [2.45, 2.75) is 83.6 Å². The largest absolute Gasteiger partial charge is 0.480 e. The second-order valence-corrected chi connectivity index (χ2v) is 7.55. The molecule has 0 aliphatic carbocycles. The summed E-state index contributed by atoms with van der Waals surface area (Å²) in [6.07, 6.45) is 13.4. The van der Waals surface area contributed by atoms with Crippen molar-refractivity contribution in [1.29, 1.82) is 0 Å². The van der Waals surface area contributed by atoms with Crippen LogP contribution in [0.15, 0.2) is 30.3 Å². The molecule has 1 aromatic carbocycles. The van der Waals surface area contributed by atoms with Gasteiger partial charge in [0.25, 0.3) is 0 Å². The third-order valence-corrected chi connectivity index (χ3v) is 5.21. The quantitative estimate of drug-likeness (QED) is 0.381. The molecule has 4 nitrogen and oxygen atoms in total. The summed E-state index contributed by atoms with van der Waals surface area (Å²) in [5.74, 6) is -0.751. The summed E-state index contributed by atoms with van der Waals surface area (Å²) >= 11 is 0. The van der Waals surface area contributed by atoms with Gasteiger partial charge in [-0.2, -0.15) is 0 Å². The van der Waals surface area contributed by atoms with Gasteiger partial charge in [0.05, 0.1) is 0 Å². The number of aliphatic carboxylic acids is 1. The zero-order chi connectivity index (χ0) is 19.7. The number of nitrogens with two attached hydrogens (primary N) is 1. The van der Waals surface area contributed by atoms with Gasteiger partial charge in [-0.3, -0.25) is 9.69 Å². The molecule has 0 radical (unpaired) electrons. The molecular weight excluding hydrogens is 336 g/mol. The van der Waals surface area contributed by atoms with Crippen molar-refractivity contribution in [2.75, 3.05) is 19.6 Å². The van der Waals surface area contributed by atoms with Crippen molar-refractivity contribution in [3.63, 3.8) is 0 Å². The van der Waals surface area contributed by atoms with Crippen LogP contribution in [0.1, 0.15) is 76.7 Å². The van der Waals surface area contributed by atoms with E-state index in [1.165, 1.54) is 57.8 Å². The fraction of sp³-hybridized carbons (Fsp3) is 0.696. The average molecular weight is 377 g/mol. The monoisotopic (exact) mass is 376 g/mol. The van der Waals surface area contributed by atoms with Crippen LogP contribution in [0, 0.1) is 0 Å². The maximum absolute atomic E-state index is 11.8. The molecule has 0 saturated carbocycles. The van der Waals surface area contributed by atoms with Gasteiger partial charge in [0.2, 0.25) is 0 Å². The first-order valence-corrected chi connectivity index (χ1v) is 10.9. The molecule has 1 atom stereocenters. The highest BCUT2D eigenvalue weighted by atomic mass is 16.4. The molecule has 27 heavy (non-hydrogen) atoms. The Balaban J connectivity index is 2.31. The Kier molecular flexibility index (Phi) is 13.7. The van der Waals surface area contributed by atoms with Crippen molar-refractivity contribution in [1.82, 2.24) is 4.90 Å². The van der Waals surface area contributed by atoms with Gasteiger partial charge < -0.3 is 10.8 Å². The summed E-state index contributed by atoms with van der Waals surface area (Å²) in [5.41, 5.74) is 6.81. The van der Waals surface area contributed by atoms with Crippen LogP contribution >= 0.6 is 0 Å². The Morgan fingerprint density at radius 1 is 0.926 bits per heavy atom. The maximum atomic E-state index is 11.8. The Morgan fingerprint density at radius 2 is 1.48 bits per heavy atom. The van der Waals surface area contributed by atoms with Crippen molar-refractivity contribution < 1.29 is 9.90 Å². The maximum Gasteiger partial charge on any atom is 0.321 e. The predicted molar refractivity (Wildman–Crippen MR) is 114 cm³/mol. The fourth-order valence-electron chi connectivity index (χ4n) is 3.60. The third kappa shape index (κ3) is 11.1. The number of benzene rings is 1. The molecule has 0 unspecified atom stereocenters. The standard InChI is InChI=1S/C23H40N2O2/c1-2-3-4-5-6-7-8-9-10-14-18-25(19-17-24)22(23(26)27)20-21-15-12-11-13-16-21/h11-13,15-16,22H,2-10,14,17-20,24H2,1H3,(H,26,27)/t22-/m0/s1. The Hall–Kier alpha value is -1.39. The van der Waals surface area contributed by atoms with E-state index >= 15 is 0 Å². The summed E-state index contributed by atoms with van der Waals surface area (Å²) in [5, 5.41) is 9.71. The number of unbranched alkanes of at least 4 members (excludes halogenated alkanes) is 9. The number of nitrogens with zero attached hydrogens (tertiary/aromatic N) is 1. The van der Waals surface area contributed by atoms with Crippen LogP contribution in [0.2, 0.25) is 0 Å². The summed E-state index contributed by atoms with van der Waals surface area (Å²) in [6, 6.07) is 9.39. The van der Waals surface area contributed by atoms with E-state index in [9.17, 15) is 9.90 Å². The van der Waals surface area contributed by atoms with Gasteiger partial charge >= 0.3 is 5.97 Å². The van der Waals surface area contributed by atoms with E-state index < -0.39 is 12.0 Å². The van der Waals surface area contributed by atoms with Crippen molar-refractivity contribution >= 4 is 5.97 Å². The molecule has 3 N–H and O–H groups in total. The molecule has 0 aliphatic heterocycles. The zero-order valence-corrected chi connectivity index (χ0v) is 17.2. The molecule has 0 aliphatic rings. The molecule has 0 bridgehead atoms. The number of hydrogen-bond donors (Lipinski definition) is 2. The van der Waals surface area contributed by atoms with Gasteiger partial charge in [-0.1, -0.05) is 95.0 Å². The lowest BCUT2D eigenvalue weighted by molar-refractivity contribution is -0.143. The van der Waals surface area contributed by atoms with E-state index in [1.807, 2.05) is 30.3 Å². The Morgan fingerprint density at radius 3 is 2.00 bits per heavy atom. The molecule has 0 aromatic heterocycles. The fourth-order valence-corrected chi connectivity index (χ4v) is 3.60. The molecule has 0 spiro atoms. The minimum Gasteiger partial charge on any atom is -0.480 e. The first-order valence-electron chi connectivity index (χ1n) is 10.9. The molecule has 154 valence electrons. The molecule has 4 heteroatoms. The van der Waals surface area contributed by atoms with E-state index in [2.05, 4.69) is 11.8 Å². The molecular formula is C23H40N2O2. The topological polar surface area (TPSA) is 66.6 Å². The second kappa shape index (κ2) is 15.6. The summed E-state index contributed by atoms with van der Waals surface area (Å²) in [6.45, 7) is 4.21. The highest BCUT2D eigenvalue weighted by molar-refractivity contribution is 5.74. The van der Waals surface area contributed by atoms with Gasteiger partial charge in [0.1, 0.15) is 6.04 Å². The molecule has 0 fully saturated rings. The molecule has 0 amide bonds. The first kappa shape index (κ1) is 23.6. The number of rotatable bonds is 17. The minimum absolute atomic E-state index is 0.491. The van der Waals surface area contributed by atoms with E-state index in [0.717, 1.165) is 18.5 Å². The number of hydrogen-bond acceptors (Lipinski definition) is 3. The van der Waals surface area contributed by atoms with Crippen LogP contribution in [0.25, 0.3) is 0 Å². The smallest absolute Gasteiger partial charge is 0.321 e. The molecule has 0 heterocycles. The first-order chi connectivity index (χ1) is 13.2. The number of carboxylic acid groups (broad SMARTS) is 1. The second-order valence-electron chi connectivity index (χ2n) is 7.55. The highest BCUT2D eigenvalue weighted by Gasteiger charge is 2.24. The average Bonchev–Trinajstić information content (AvgIpc) is 2.67. The van der Waals surface area contributed by atoms with Crippen molar-refractivity contribution in [3.8, 4) is 0 Å². The van der Waals surface area contributed by atoms with E-state index in [-0.39, 0.29) is 0 Å². The van der Waals surface area contributed by atoms with Gasteiger partial charge in [-0.15, -0.1) is 0 Å². The lowest BCUT2D eigenvalue weighted by Gasteiger charge is -2.28. The lowest BCUT2D eigenvalue weighted by Crippen LogP contribution is -2.45.